The second-order valence-corrected chi connectivity index (χ2v) is 38.9. The Bertz CT molecular complexity index is 2790. The van der Waals surface area contributed by atoms with Crippen LogP contribution in [0.25, 0.3) is 0 Å². The highest BCUT2D eigenvalue weighted by molar-refractivity contribution is 8.03. The predicted molar refractivity (Wildman–Crippen MR) is 343 cm³/mol. The maximum atomic E-state index is 3.41. The Balaban J connectivity index is 0.878. The van der Waals surface area contributed by atoms with Crippen LogP contribution in [-0.4, -0.2) is 63.4 Å². The van der Waals surface area contributed by atoms with Gasteiger partial charge in [-0.1, -0.05) is 149 Å². The van der Waals surface area contributed by atoms with E-state index in [0.29, 0.717) is 80.4 Å². The number of rotatable bonds is 2. The van der Waals surface area contributed by atoms with Crippen LogP contribution in [0.2, 0.25) is 0 Å². The van der Waals surface area contributed by atoms with Crippen molar-refractivity contribution in [1.29, 1.82) is 0 Å². The summed E-state index contributed by atoms with van der Waals surface area (Å²) in [6.45, 7) is 46.5. The Morgan fingerprint density at radius 3 is 1.63 bits per heavy atom. The Morgan fingerprint density at radius 1 is 0.444 bits per heavy atom. The maximum absolute atomic E-state index is 3.41. The number of hydrogen-bond acceptors (Lipinski definition) is 5. The number of hydrogen-bond donors (Lipinski definition) is 0. The number of nitrogens with zero attached hydrogens (tertiary/aromatic N) is 4. The van der Waals surface area contributed by atoms with Crippen LogP contribution < -0.4 is 9.80 Å². The summed E-state index contributed by atoms with van der Waals surface area (Å²) < 4.78 is 0. The van der Waals surface area contributed by atoms with Gasteiger partial charge in [-0.25, -0.2) is 0 Å². The van der Waals surface area contributed by atoms with Crippen molar-refractivity contribution >= 4 is 23.1 Å². The van der Waals surface area contributed by atoms with Gasteiger partial charge in [0, 0.05) is 46.6 Å². The monoisotopic (exact) mass is 1110 g/mol. The smallest absolute Gasteiger partial charge is 0.0919 e. The van der Waals surface area contributed by atoms with E-state index in [-0.39, 0.29) is 10.8 Å². The first kappa shape index (κ1) is 55.5. The van der Waals surface area contributed by atoms with E-state index in [0.717, 1.165) is 77.2 Å². The summed E-state index contributed by atoms with van der Waals surface area (Å²) in [7, 11) is 0. The van der Waals surface area contributed by atoms with Gasteiger partial charge in [-0.05, 0) is 235 Å². The van der Waals surface area contributed by atoms with Crippen molar-refractivity contribution in [3.05, 3.63) is 70.4 Å². The Kier molecular flexibility index (Phi) is 12.3. The van der Waals surface area contributed by atoms with Crippen LogP contribution >= 0.6 is 11.8 Å². The molecule has 22 atom stereocenters. The number of piperazine rings is 1. The van der Waals surface area contributed by atoms with E-state index < -0.39 is 0 Å². The molecule has 8 aliphatic carbocycles. The van der Waals surface area contributed by atoms with E-state index in [4.69, 9.17) is 0 Å². The molecule has 444 valence electrons. The third-order valence-electron chi connectivity index (χ3n) is 28.7. The van der Waals surface area contributed by atoms with Crippen LogP contribution in [0.3, 0.4) is 0 Å². The molecule has 22 unspecified atom stereocenters. The van der Waals surface area contributed by atoms with Crippen molar-refractivity contribution in [3.63, 3.8) is 0 Å². The first-order chi connectivity index (χ1) is 37.9. The molecule has 13 aliphatic rings. The van der Waals surface area contributed by atoms with Gasteiger partial charge in [-0.2, -0.15) is 0 Å². The largest absolute Gasteiger partial charge is 0.361 e. The zero-order valence-electron chi connectivity index (χ0n) is 54.6. The number of benzene rings is 2. The second-order valence-electron chi connectivity index (χ2n) is 37.6. The lowest BCUT2D eigenvalue weighted by atomic mass is 9.55. The molecule has 5 heteroatoms. The van der Waals surface area contributed by atoms with Gasteiger partial charge in [0.15, 0.2) is 0 Å². The molecule has 4 nitrogen and oxygen atoms in total. The van der Waals surface area contributed by atoms with Crippen molar-refractivity contribution in [3.8, 4) is 0 Å². The SMILES string of the molecule is CC(C)(C)c1ccc(N2C3=C(SC4CC5C(CC34)C3CC4C(CC3C5(C)C)C(C)(C)CC4(C)C)N3C4CCC5C(C6CC(C(C)(C)C)CC7C8CC(C(C)(C)C)CCC8N5C76)C4N(c4ccc(C(C)(C)C)cc4)C4CCCC2C43)cc1. The van der Waals surface area contributed by atoms with Gasteiger partial charge < -0.3 is 14.7 Å². The molecule has 2 aromatic carbocycles. The van der Waals surface area contributed by atoms with E-state index in [1.54, 1.807) is 10.7 Å². The zero-order chi connectivity index (χ0) is 56.9. The molecule has 3 saturated heterocycles. The van der Waals surface area contributed by atoms with Crippen LogP contribution in [-0.2, 0) is 10.8 Å². The first-order valence-electron chi connectivity index (χ1n) is 34.7. The van der Waals surface area contributed by atoms with Crippen molar-refractivity contribution in [1.82, 2.24) is 9.80 Å². The Hall–Kier alpha value is -2.11. The number of fused-ring (bicyclic) bond motifs is 16. The molecule has 0 bridgehead atoms. The Morgan fingerprint density at radius 2 is 0.988 bits per heavy atom. The molecule has 5 heterocycles. The van der Waals surface area contributed by atoms with Gasteiger partial charge >= 0.3 is 0 Å². The fourth-order valence-electron chi connectivity index (χ4n) is 25.3. The number of anilines is 2. The van der Waals surface area contributed by atoms with Gasteiger partial charge in [-0.3, -0.25) is 4.90 Å². The standard InChI is InChI=1S/C76H114N4S/c1-70(2,3)42-22-27-46(28-23-42)77-60-20-19-21-61-67(60)80(69-66(77)52-37-48-49-38-56-57(75(15,16)41-74(56,13)14)39-54(49)76(17,18)55(48)40-63(52)81-69)62-33-32-59-64(68(62)78(61)47-29-24-43(25-30-47)71(4,5)6)53-36-45(73(10,11)12)35-51-50-34-44(72(7,8)9)26-31-58(50)79(59)65(51)53/h22-25,27-30,44-45,48-65,67-68H,19-21,26,31-41H2,1-18H3. The van der Waals surface area contributed by atoms with Crippen molar-refractivity contribution in [2.24, 2.45) is 104 Å². The minimum Gasteiger partial charge on any atom is -0.361 e. The highest BCUT2D eigenvalue weighted by atomic mass is 32.2. The molecule has 0 spiro atoms. The molecule has 0 N–H and O–H groups in total. The summed E-state index contributed by atoms with van der Waals surface area (Å²) in [6, 6.07) is 25.6. The van der Waals surface area contributed by atoms with E-state index in [1.807, 2.05) is 5.70 Å². The highest BCUT2D eigenvalue weighted by Crippen LogP contribution is 2.74. The van der Waals surface area contributed by atoms with Gasteiger partial charge in [0.25, 0.3) is 0 Å². The first-order valence-corrected chi connectivity index (χ1v) is 35.6. The van der Waals surface area contributed by atoms with Gasteiger partial charge in [0.2, 0.25) is 0 Å². The number of allylic oxidation sites excluding steroid dienone is 1. The van der Waals surface area contributed by atoms with Crippen LogP contribution in [0, 0.1) is 104 Å². The fourth-order valence-corrected chi connectivity index (χ4v) is 27.0. The van der Waals surface area contributed by atoms with Gasteiger partial charge in [0.05, 0.1) is 40.9 Å². The third kappa shape index (κ3) is 8.06. The quantitative estimate of drug-likeness (QED) is 0.296. The summed E-state index contributed by atoms with van der Waals surface area (Å²) >= 11 is 2.48. The van der Waals surface area contributed by atoms with Crippen LogP contribution in [0.1, 0.15) is 232 Å². The van der Waals surface area contributed by atoms with Crippen LogP contribution in [0.15, 0.2) is 59.3 Å². The summed E-state index contributed by atoms with van der Waals surface area (Å²) in [5, 5.41) is 2.47. The molecule has 5 aliphatic heterocycles. The van der Waals surface area contributed by atoms with Crippen LogP contribution in [0.4, 0.5) is 11.4 Å². The lowest BCUT2D eigenvalue weighted by Crippen LogP contribution is -2.78. The van der Waals surface area contributed by atoms with Crippen molar-refractivity contribution in [2.45, 2.75) is 285 Å². The lowest BCUT2D eigenvalue weighted by Gasteiger charge is -2.67. The van der Waals surface area contributed by atoms with E-state index in [1.165, 1.54) is 113 Å². The molecule has 11 fully saturated rings. The third-order valence-corrected chi connectivity index (χ3v) is 30.2. The predicted octanol–water partition coefficient (Wildman–Crippen LogP) is 18.6. The maximum Gasteiger partial charge on any atom is 0.0919 e. The summed E-state index contributed by atoms with van der Waals surface area (Å²) in [5.74, 6) is 10.7. The molecular weight excluding hydrogens is 1000 g/mol. The molecule has 0 amide bonds. The minimum absolute atomic E-state index is 0.131. The molecule has 8 saturated carbocycles. The van der Waals surface area contributed by atoms with Gasteiger partial charge in [0.1, 0.15) is 0 Å². The molecule has 0 radical (unpaired) electrons. The second kappa shape index (κ2) is 18.0. The average Bonchev–Trinajstić information content (AvgIpc) is 4.13. The average molecular weight is 1120 g/mol. The summed E-state index contributed by atoms with van der Waals surface area (Å²) in [5.41, 5.74) is 10.2. The van der Waals surface area contributed by atoms with Crippen molar-refractivity contribution < 1.29 is 0 Å². The summed E-state index contributed by atoms with van der Waals surface area (Å²) in [4.78, 5) is 13.2. The molecule has 2 aromatic rings. The fraction of sp³-hybridized carbons (Fsp3) is 0.816. The van der Waals surface area contributed by atoms with Crippen LogP contribution in [0.5, 0.6) is 0 Å². The molecule has 15 rings (SSSR count). The van der Waals surface area contributed by atoms with E-state index >= 15 is 0 Å². The van der Waals surface area contributed by atoms with Gasteiger partial charge in [-0.15, -0.1) is 11.8 Å². The number of thioether (sulfide) groups is 1. The molecule has 0 aromatic heterocycles. The molecular formula is C76H114N4S. The lowest BCUT2D eigenvalue weighted by molar-refractivity contribution is -0.0268. The molecule has 81 heavy (non-hydrogen) atoms. The summed E-state index contributed by atoms with van der Waals surface area (Å²) in [6.07, 6.45) is 21.2. The zero-order valence-corrected chi connectivity index (χ0v) is 55.4. The minimum atomic E-state index is 0.131. The van der Waals surface area contributed by atoms with E-state index in [9.17, 15) is 0 Å². The van der Waals surface area contributed by atoms with E-state index in [2.05, 4.69) is 205 Å². The Labute approximate surface area is 499 Å². The topological polar surface area (TPSA) is 13.0 Å². The normalized spacial score (nSPS) is 45.2. The highest BCUT2D eigenvalue weighted by Gasteiger charge is 2.72. The van der Waals surface area contributed by atoms with Crippen molar-refractivity contribution in [2.75, 3.05) is 9.80 Å².